The van der Waals surface area contributed by atoms with Crippen molar-refractivity contribution in [2.24, 2.45) is 0 Å². The van der Waals surface area contributed by atoms with Crippen LogP contribution in [0.4, 0.5) is 45.5 Å². The summed E-state index contributed by atoms with van der Waals surface area (Å²) in [5.41, 5.74) is 27.3. The minimum absolute atomic E-state index is 0.00264. The summed E-state index contributed by atoms with van der Waals surface area (Å²) in [6.07, 6.45) is 9.32. The van der Waals surface area contributed by atoms with E-state index in [1.807, 2.05) is 0 Å². The van der Waals surface area contributed by atoms with E-state index in [0.29, 0.717) is 5.92 Å². The van der Waals surface area contributed by atoms with Crippen molar-refractivity contribution in [1.82, 2.24) is 0 Å². The average Bonchev–Trinajstić information content (AvgIpc) is 2.35. The first-order chi connectivity index (χ1) is 36.6. The van der Waals surface area contributed by atoms with E-state index in [9.17, 15) is 0 Å². The topological polar surface area (TPSA) is 22.9 Å². The molecule has 5 heteroatoms. The van der Waals surface area contributed by atoms with Gasteiger partial charge in [0.1, 0.15) is 5.76 Å². The third kappa shape index (κ3) is 7.50. The Labute approximate surface area is 469 Å². The van der Waals surface area contributed by atoms with Crippen molar-refractivity contribution in [1.29, 1.82) is 0 Å². The maximum Gasteiger partial charge on any atom is 0.297 e. The van der Waals surface area contributed by atoms with E-state index in [4.69, 9.17) is 4.42 Å². The Bertz CT molecular complexity index is 3610. The van der Waals surface area contributed by atoms with Crippen molar-refractivity contribution >= 4 is 68.8 Å². The summed E-state index contributed by atoms with van der Waals surface area (Å²) in [7, 11) is 0. The first-order valence-electron chi connectivity index (χ1n) is 30.0. The second-order valence-corrected chi connectivity index (χ2v) is 30.2. The van der Waals surface area contributed by atoms with Crippen LogP contribution in [-0.4, -0.2) is 12.3 Å². The molecular formula is C73H86BN3O. The molecule has 0 saturated heterocycles. The summed E-state index contributed by atoms with van der Waals surface area (Å²) in [6.45, 7) is 41.1. The normalized spacial score (nSPS) is 22.0. The number of aryl methyl sites for hydroxylation is 2. The zero-order valence-electron chi connectivity index (χ0n) is 50.5. The van der Waals surface area contributed by atoms with Gasteiger partial charge in [-0.05, 0) is 190 Å². The minimum atomic E-state index is -0.152. The van der Waals surface area contributed by atoms with E-state index < -0.39 is 0 Å². The molecule has 2 atom stereocenters. The quantitative estimate of drug-likeness (QED) is 0.164. The van der Waals surface area contributed by atoms with Crippen molar-refractivity contribution < 1.29 is 4.42 Å². The molecule has 1 saturated carbocycles. The molecule has 3 aliphatic carbocycles. The van der Waals surface area contributed by atoms with Gasteiger partial charge in [0.05, 0.1) is 17.0 Å². The third-order valence-electron chi connectivity index (χ3n) is 20.7. The van der Waals surface area contributed by atoms with Gasteiger partial charge in [0.25, 0.3) is 6.71 Å². The number of fused-ring (bicyclic) bond motifs is 10. The van der Waals surface area contributed by atoms with Crippen LogP contribution in [0.2, 0.25) is 0 Å². The van der Waals surface area contributed by atoms with Crippen molar-refractivity contribution in [2.75, 3.05) is 14.7 Å². The van der Waals surface area contributed by atoms with Crippen LogP contribution in [-0.2, 0) is 32.5 Å². The molecule has 6 aromatic carbocycles. The predicted molar refractivity (Wildman–Crippen MR) is 334 cm³/mol. The molecule has 0 spiro atoms. The van der Waals surface area contributed by atoms with Gasteiger partial charge in [-0.25, -0.2) is 0 Å². The maximum atomic E-state index is 7.96. The van der Waals surface area contributed by atoms with Gasteiger partial charge in [0, 0.05) is 62.1 Å². The second-order valence-electron chi connectivity index (χ2n) is 30.2. The van der Waals surface area contributed by atoms with Crippen molar-refractivity contribution in [3.05, 3.63) is 159 Å². The van der Waals surface area contributed by atoms with Crippen molar-refractivity contribution in [3.8, 4) is 11.1 Å². The highest BCUT2D eigenvalue weighted by atomic mass is 16.3. The summed E-state index contributed by atoms with van der Waals surface area (Å²) in [6, 6.07) is 44.0. The molecule has 7 aromatic rings. The number of hydrogen-bond acceptors (Lipinski definition) is 4. The van der Waals surface area contributed by atoms with Gasteiger partial charge in [-0.15, -0.1) is 0 Å². The van der Waals surface area contributed by atoms with Gasteiger partial charge in [-0.1, -0.05) is 170 Å². The highest BCUT2D eigenvalue weighted by Gasteiger charge is 2.56. The molecule has 4 heterocycles. The Morgan fingerprint density at radius 1 is 0.538 bits per heavy atom. The molecule has 0 bridgehead atoms. The zero-order chi connectivity index (χ0) is 55.2. The molecule has 3 aliphatic heterocycles. The van der Waals surface area contributed by atoms with Gasteiger partial charge >= 0.3 is 0 Å². The van der Waals surface area contributed by atoms with Crippen molar-refractivity contribution in [3.63, 3.8) is 0 Å². The highest BCUT2D eigenvalue weighted by molar-refractivity contribution is 6.99. The first kappa shape index (κ1) is 51.5. The highest BCUT2D eigenvalue weighted by Crippen LogP contribution is 2.62. The van der Waals surface area contributed by atoms with Gasteiger partial charge < -0.3 is 19.1 Å². The molecule has 13 rings (SSSR count). The molecule has 0 amide bonds. The maximum absolute atomic E-state index is 7.96. The Morgan fingerprint density at radius 3 is 1.82 bits per heavy atom. The lowest BCUT2D eigenvalue weighted by Crippen LogP contribution is -2.61. The van der Waals surface area contributed by atoms with Crippen molar-refractivity contribution in [2.45, 2.75) is 213 Å². The Morgan fingerprint density at radius 2 is 1.15 bits per heavy atom. The smallest absolute Gasteiger partial charge is 0.297 e. The largest absolute Gasteiger partial charge is 0.472 e. The Kier molecular flexibility index (Phi) is 11.1. The molecule has 4 nitrogen and oxygen atoms in total. The fraction of sp³-hybridized carbons (Fsp3) is 0.452. The van der Waals surface area contributed by atoms with Gasteiger partial charge in [0.15, 0.2) is 0 Å². The average molecular weight is 1030 g/mol. The first-order valence-corrected chi connectivity index (χ1v) is 30.0. The summed E-state index contributed by atoms with van der Waals surface area (Å²) < 4.78 is 7.96. The lowest BCUT2D eigenvalue weighted by molar-refractivity contribution is 0.282. The number of anilines is 8. The monoisotopic (exact) mass is 1030 g/mol. The van der Waals surface area contributed by atoms with E-state index in [1.54, 1.807) is 5.56 Å². The van der Waals surface area contributed by atoms with Crippen LogP contribution >= 0.6 is 0 Å². The SMILES string of the molecule is Cc1cc(C)c2c(c1)N(c1cc3c4c(c1)N(c1ccc(C(C)(C)C)cc1)c1c(oc5c1C(C)(C)CCC5(C)C)B4c1cc4c(cc1N3c1ccc(C(C)(C)C)cc1-c1ccccc1)C(C)(C)CCC4(C)C)C1(C)CCCCC21. The Hall–Kier alpha value is -5.94. The minimum Gasteiger partial charge on any atom is -0.472 e. The number of hydrogen-bond donors (Lipinski definition) is 0. The molecule has 6 aliphatic rings. The molecule has 1 aromatic heterocycles. The van der Waals surface area contributed by atoms with Crippen LogP contribution in [0, 0.1) is 13.8 Å². The summed E-state index contributed by atoms with van der Waals surface area (Å²) in [5.74, 6) is 1.61. The van der Waals surface area contributed by atoms with Crippen LogP contribution in [0.15, 0.2) is 114 Å². The van der Waals surface area contributed by atoms with E-state index in [1.165, 1.54) is 132 Å². The van der Waals surface area contributed by atoms with Crippen LogP contribution in [0.3, 0.4) is 0 Å². The van der Waals surface area contributed by atoms with Gasteiger partial charge in [-0.2, -0.15) is 0 Å². The molecule has 0 radical (unpaired) electrons. The zero-order valence-corrected chi connectivity index (χ0v) is 50.5. The lowest BCUT2D eigenvalue weighted by Gasteiger charge is -2.48. The number of benzene rings is 6. The number of rotatable bonds is 4. The summed E-state index contributed by atoms with van der Waals surface area (Å²) in [5, 5.41) is 0. The van der Waals surface area contributed by atoms with E-state index in [0.717, 1.165) is 37.8 Å². The van der Waals surface area contributed by atoms with Gasteiger partial charge in [0.2, 0.25) is 0 Å². The van der Waals surface area contributed by atoms with Crippen LogP contribution in [0.5, 0.6) is 0 Å². The second kappa shape index (κ2) is 16.8. The van der Waals surface area contributed by atoms with E-state index in [2.05, 4.69) is 242 Å². The fourth-order valence-corrected chi connectivity index (χ4v) is 16.0. The molecule has 78 heavy (non-hydrogen) atoms. The third-order valence-corrected chi connectivity index (χ3v) is 20.7. The molecule has 2 unspecified atom stereocenters. The molecule has 402 valence electrons. The van der Waals surface area contributed by atoms with Crippen LogP contribution < -0.4 is 31.3 Å². The van der Waals surface area contributed by atoms with Crippen LogP contribution in [0.1, 0.15) is 211 Å². The number of nitrogens with zero attached hydrogens (tertiary/aromatic N) is 3. The van der Waals surface area contributed by atoms with E-state index >= 15 is 0 Å². The van der Waals surface area contributed by atoms with E-state index in [-0.39, 0.29) is 44.7 Å². The van der Waals surface area contributed by atoms with Crippen LogP contribution in [0.25, 0.3) is 11.1 Å². The van der Waals surface area contributed by atoms with Gasteiger partial charge in [-0.3, -0.25) is 0 Å². The molecule has 1 fully saturated rings. The molecule has 0 N–H and O–H groups in total. The number of furan rings is 1. The molecular weight excluding hydrogens is 946 g/mol. The fourth-order valence-electron chi connectivity index (χ4n) is 16.0. The lowest BCUT2D eigenvalue weighted by atomic mass is 9.35. The Balaban J connectivity index is 1.22. The predicted octanol–water partition coefficient (Wildman–Crippen LogP) is 18.5. The summed E-state index contributed by atoms with van der Waals surface area (Å²) in [4.78, 5) is 8.32. The standard InChI is InChI=1S/C73H86BN3O/c1-44-37-45(2)61-52-25-21-22-32-73(52,17)77(58(61)38-44)50-40-59-63-60(41-50)76(56-31-28-48(68(6,7)8)39-51(56)46-23-19-18-20-24-46)57-43-54-53(69(9,10)33-34-70(54,11)12)42-55(57)74(63)66-64(62-65(78-66)72(15,16)36-35-71(62,13)14)75(59)49-29-26-47(27-30-49)67(3,4)5/h18-20,23-24,26-31,37-43,52H,21-22,25,32-36H2,1-17H3. The summed E-state index contributed by atoms with van der Waals surface area (Å²) >= 11 is 0.